The number of carboxylic acid groups (broad SMARTS) is 1. The number of nitrogens with zero attached hydrogens (tertiary/aromatic N) is 1. The van der Waals surface area contributed by atoms with Gasteiger partial charge in [-0.1, -0.05) is 0 Å². The molecule has 0 bridgehead atoms. The summed E-state index contributed by atoms with van der Waals surface area (Å²) in [5.74, 6) is -1.04. The van der Waals surface area contributed by atoms with Crippen LogP contribution < -0.4 is 15.0 Å². The fourth-order valence-electron chi connectivity index (χ4n) is 2.01. The van der Waals surface area contributed by atoms with Gasteiger partial charge in [0.15, 0.2) is 0 Å². The number of amides is 3. The third-order valence-corrected chi connectivity index (χ3v) is 2.91. The van der Waals surface area contributed by atoms with Crippen LogP contribution in [-0.2, 0) is 4.79 Å². The predicted octanol–water partition coefficient (Wildman–Crippen LogP) is 1.62. The van der Waals surface area contributed by atoms with Crippen LogP contribution in [0.2, 0.25) is 0 Å². The monoisotopic (exact) mass is 292 g/mol. The summed E-state index contributed by atoms with van der Waals surface area (Å²) < 4.78 is 5.61. The molecule has 7 heteroatoms. The SMILES string of the molecule is CC(C)Oc1ccc(C(=O)O)cc1N1CCC(=O)NC1=O. The van der Waals surface area contributed by atoms with Crippen molar-refractivity contribution in [2.45, 2.75) is 26.4 Å². The minimum atomic E-state index is -1.10. The number of urea groups is 1. The van der Waals surface area contributed by atoms with E-state index in [1.54, 1.807) is 0 Å². The van der Waals surface area contributed by atoms with Crippen LogP contribution in [0.25, 0.3) is 0 Å². The molecule has 1 aliphatic rings. The average Bonchev–Trinajstić information content (AvgIpc) is 2.38. The number of hydrogen-bond acceptors (Lipinski definition) is 4. The molecule has 1 fully saturated rings. The van der Waals surface area contributed by atoms with Crippen LogP contribution in [0.4, 0.5) is 10.5 Å². The van der Waals surface area contributed by atoms with E-state index in [0.29, 0.717) is 11.4 Å². The van der Waals surface area contributed by atoms with Crippen molar-refractivity contribution in [2.24, 2.45) is 0 Å². The molecule has 0 atom stereocenters. The van der Waals surface area contributed by atoms with E-state index >= 15 is 0 Å². The highest BCUT2D eigenvalue weighted by Crippen LogP contribution is 2.31. The topological polar surface area (TPSA) is 95.9 Å². The van der Waals surface area contributed by atoms with E-state index < -0.39 is 12.0 Å². The quantitative estimate of drug-likeness (QED) is 0.879. The van der Waals surface area contributed by atoms with Gasteiger partial charge in [0.2, 0.25) is 5.91 Å². The molecule has 0 aliphatic carbocycles. The van der Waals surface area contributed by atoms with Crippen molar-refractivity contribution in [3.63, 3.8) is 0 Å². The molecule has 1 aliphatic heterocycles. The van der Waals surface area contributed by atoms with E-state index in [2.05, 4.69) is 5.32 Å². The third-order valence-electron chi connectivity index (χ3n) is 2.91. The minimum absolute atomic E-state index is 0.0470. The Bertz CT molecular complexity index is 597. The number of benzene rings is 1. The molecule has 1 saturated heterocycles. The van der Waals surface area contributed by atoms with Gasteiger partial charge in [-0.25, -0.2) is 9.59 Å². The van der Waals surface area contributed by atoms with Gasteiger partial charge in [0.25, 0.3) is 0 Å². The van der Waals surface area contributed by atoms with Gasteiger partial charge in [-0.05, 0) is 32.0 Å². The lowest BCUT2D eigenvalue weighted by atomic mass is 10.1. The number of ether oxygens (including phenoxy) is 1. The van der Waals surface area contributed by atoms with Gasteiger partial charge in [-0.3, -0.25) is 15.0 Å². The van der Waals surface area contributed by atoms with Crippen LogP contribution >= 0.6 is 0 Å². The number of hydrogen-bond donors (Lipinski definition) is 2. The van der Waals surface area contributed by atoms with Crippen LogP contribution in [0, 0.1) is 0 Å². The van der Waals surface area contributed by atoms with Crippen molar-refractivity contribution in [1.82, 2.24) is 5.32 Å². The van der Waals surface area contributed by atoms with E-state index in [1.165, 1.54) is 23.1 Å². The van der Waals surface area contributed by atoms with Crippen molar-refractivity contribution in [1.29, 1.82) is 0 Å². The number of carbonyl (C=O) groups is 3. The van der Waals surface area contributed by atoms with Crippen molar-refractivity contribution in [3.05, 3.63) is 23.8 Å². The lowest BCUT2D eigenvalue weighted by Crippen LogP contribution is -2.49. The largest absolute Gasteiger partial charge is 0.489 e. The second kappa shape index (κ2) is 5.82. The zero-order valence-corrected chi connectivity index (χ0v) is 11.8. The normalized spacial score (nSPS) is 15.1. The van der Waals surface area contributed by atoms with Gasteiger partial charge in [-0.2, -0.15) is 0 Å². The predicted molar refractivity (Wildman–Crippen MR) is 74.7 cm³/mol. The zero-order chi connectivity index (χ0) is 15.6. The number of anilines is 1. The molecule has 21 heavy (non-hydrogen) atoms. The van der Waals surface area contributed by atoms with Gasteiger partial charge in [0.1, 0.15) is 5.75 Å². The highest BCUT2D eigenvalue weighted by Gasteiger charge is 2.27. The van der Waals surface area contributed by atoms with E-state index in [1.807, 2.05) is 13.8 Å². The average molecular weight is 292 g/mol. The third kappa shape index (κ3) is 3.31. The molecular formula is C14H16N2O5. The summed E-state index contributed by atoms with van der Waals surface area (Å²) in [6.07, 6.45) is 0.0263. The first kappa shape index (κ1) is 14.8. The molecule has 7 nitrogen and oxygen atoms in total. The Labute approximate surface area is 121 Å². The van der Waals surface area contributed by atoms with Crippen LogP contribution in [-0.4, -0.2) is 35.7 Å². The van der Waals surface area contributed by atoms with E-state index in [0.717, 1.165) is 0 Å². The summed E-state index contributed by atoms with van der Waals surface area (Å²) in [6.45, 7) is 3.84. The number of carboxylic acids is 1. The Kier molecular flexibility index (Phi) is 4.11. The summed E-state index contributed by atoms with van der Waals surface area (Å²) in [6, 6.07) is 3.72. The van der Waals surface area contributed by atoms with Crippen LogP contribution in [0.15, 0.2) is 18.2 Å². The maximum atomic E-state index is 11.9. The fourth-order valence-corrected chi connectivity index (χ4v) is 2.01. The maximum absolute atomic E-state index is 11.9. The first-order chi connectivity index (χ1) is 9.88. The number of aromatic carboxylic acids is 1. The molecule has 1 aromatic carbocycles. The summed E-state index contributed by atoms with van der Waals surface area (Å²) >= 11 is 0. The van der Waals surface area contributed by atoms with Gasteiger partial charge < -0.3 is 9.84 Å². The number of nitrogens with one attached hydrogen (secondary N) is 1. The molecule has 0 radical (unpaired) electrons. The molecule has 2 rings (SSSR count). The summed E-state index contributed by atoms with van der Waals surface area (Å²) in [4.78, 5) is 35.5. The Hall–Kier alpha value is -2.57. The molecule has 1 aromatic rings. The molecule has 2 N–H and O–H groups in total. The van der Waals surface area contributed by atoms with Crippen molar-refractivity contribution in [2.75, 3.05) is 11.4 Å². The van der Waals surface area contributed by atoms with Crippen molar-refractivity contribution < 1.29 is 24.2 Å². The number of rotatable bonds is 4. The second-order valence-electron chi connectivity index (χ2n) is 4.91. The standard InChI is InChI=1S/C14H16N2O5/c1-8(2)21-11-4-3-9(13(18)19)7-10(11)16-6-5-12(17)15-14(16)20/h3-4,7-8H,5-6H2,1-2H3,(H,18,19)(H,15,17,20). The summed E-state index contributed by atoms with van der Waals surface area (Å²) in [5.41, 5.74) is 0.388. The van der Waals surface area contributed by atoms with Gasteiger partial charge in [0, 0.05) is 13.0 Å². The van der Waals surface area contributed by atoms with Crippen LogP contribution in [0.3, 0.4) is 0 Å². The van der Waals surface area contributed by atoms with E-state index in [9.17, 15) is 14.4 Å². The minimum Gasteiger partial charge on any atom is -0.489 e. The lowest BCUT2D eigenvalue weighted by molar-refractivity contribution is -0.120. The smallest absolute Gasteiger partial charge is 0.335 e. The van der Waals surface area contributed by atoms with Crippen molar-refractivity contribution >= 4 is 23.6 Å². The van der Waals surface area contributed by atoms with Crippen LogP contribution in [0.5, 0.6) is 5.75 Å². The van der Waals surface area contributed by atoms with Gasteiger partial charge in [0.05, 0.1) is 17.4 Å². The first-order valence-corrected chi connectivity index (χ1v) is 6.54. The number of carbonyl (C=O) groups excluding carboxylic acids is 2. The highest BCUT2D eigenvalue weighted by atomic mass is 16.5. The second-order valence-corrected chi connectivity index (χ2v) is 4.91. The summed E-state index contributed by atoms with van der Waals surface area (Å²) in [7, 11) is 0. The maximum Gasteiger partial charge on any atom is 0.335 e. The summed E-state index contributed by atoms with van der Waals surface area (Å²) in [5, 5.41) is 11.3. The molecule has 0 saturated carbocycles. The fraction of sp³-hybridized carbons (Fsp3) is 0.357. The van der Waals surface area contributed by atoms with E-state index in [4.69, 9.17) is 9.84 Å². The molecule has 112 valence electrons. The van der Waals surface area contributed by atoms with Crippen LogP contribution in [0.1, 0.15) is 30.6 Å². The Balaban J connectivity index is 2.42. The first-order valence-electron chi connectivity index (χ1n) is 6.54. The zero-order valence-electron chi connectivity index (χ0n) is 11.8. The van der Waals surface area contributed by atoms with E-state index in [-0.39, 0.29) is 30.5 Å². The Morgan fingerprint density at radius 1 is 1.38 bits per heavy atom. The molecule has 1 heterocycles. The lowest BCUT2D eigenvalue weighted by Gasteiger charge is -2.28. The Morgan fingerprint density at radius 3 is 2.67 bits per heavy atom. The van der Waals surface area contributed by atoms with Gasteiger partial charge >= 0.3 is 12.0 Å². The molecular weight excluding hydrogens is 276 g/mol. The molecule has 3 amide bonds. The Morgan fingerprint density at radius 2 is 2.10 bits per heavy atom. The van der Waals surface area contributed by atoms with Gasteiger partial charge in [-0.15, -0.1) is 0 Å². The van der Waals surface area contributed by atoms with Crippen molar-refractivity contribution in [3.8, 4) is 5.75 Å². The molecule has 0 unspecified atom stereocenters. The molecule has 0 spiro atoms. The molecule has 0 aromatic heterocycles. The highest BCUT2D eigenvalue weighted by molar-refractivity contribution is 6.06. The number of imide groups is 1.